The van der Waals surface area contributed by atoms with E-state index in [-0.39, 0.29) is 25.0 Å². The molecule has 1 unspecified atom stereocenters. The molecule has 5 atom stereocenters. The first-order chi connectivity index (χ1) is 15.2. The van der Waals surface area contributed by atoms with Crippen molar-refractivity contribution in [1.29, 1.82) is 0 Å². The molecule has 0 aliphatic carbocycles. The lowest BCUT2D eigenvalue weighted by atomic mass is 9.77. The van der Waals surface area contributed by atoms with Crippen LogP contribution in [0.5, 0.6) is 0 Å². The predicted molar refractivity (Wildman–Crippen MR) is 116 cm³/mol. The number of likely N-dealkylation sites (tertiary alicyclic amines) is 1. The van der Waals surface area contributed by atoms with E-state index in [0.717, 1.165) is 6.42 Å². The molecule has 1 N–H and O–H groups in total. The van der Waals surface area contributed by atoms with Gasteiger partial charge in [0.05, 0.1) is 18.6 Å². The van der Waals surface area contributed by atoms with Crippen LogP contribution >= 0.6 is 0 Å². The zero-order valence-electron chi connectivity index (χ0n) is 19.2. The molecule has 0 bridgehead atoms. The van der Waals surface area contributed by atoms with Gasteiger partial charge in [0.1, 0.15) is 17.6 Å². The number of carbonyl (C=O) groups is 3. The summed E-state index contributed by atoms with van der Waals surface area (Å²) in [4.78, 5) is 44.0. The number of rotatable bonds is 5. The Hall–Kier alpha value is -2.19. The highest BCUT2D eigenvalue weighted by Gasteiger charge is 2.71. The lowest BCUT2D eigenvalue weighted by Crippen LogP contribution is -2.58. The van der Waals surface area contributed by atoms with Crippen molar-refractivity contribution < 1.29 is 29.0 Å². The summed E-state index contributed by atoms with van der Waals surface area (Å²) < 4.78 is 11.9. The fourth-order valence-corrected chi connectivity index (χ4v) is 5.52. The number of unbranched alkanes of at least 4 members (excludes halogenated alkanes) is 2. The highest BCUT2D eigenvalue weighted by atomic mass is 16.6. The zero-order chi connectivity index (χ0) is 23.1. The molecular weight excluding hydrogens is 412 g/mol. The van der Waals surface area contributed by atoms with E-state index < -0.39 is 41.1 Å². The highest BCUT2D eigenvalue weighted by Crippen LogP contribution is 2.53. The van der Waals surface area contributed by atoms with Gasteiger partial charge in [-0.05, 0) is 46.5 Å². The van der Waals surface area contributed by atoms with Crippen LogP contribution in [0, 0.1) is 11.8 Å². The third kappa shape index (κ3) is 3.67. The second kappa shape index (κ2) is 8.63. The fourth-order valence-electron chi connectivity index (χ4n) is 5.52. The summed E-state index contributed by atoms with van der Waals surface area (Å²) >= 11 is 0. The number of ether oxygens (including phenoxy) is 2. The minimum atomic E-state index is -1.20. The Kier molecular flexibility index (Phi) is 6.20. The number of carbonyl (C=O) groups excluding carboxylic acids is 3. The number of amides is 2. The van der Waals surface area contributed by atoms with E-state index in [0.29, 0.717) is 32.4 Å². The summed E-state index contributed by atoms with van der Waals surface area (Å²) in [5, 5.41) is 9.11. The summed E-state index contributed by atoms with van der Waals surface area (Å²) in [5.74, 6) is -2.40. The molecule has 0 saturated carbocycles. The molecule has 8 nitrogen and oxygen atoms in total. The number of esters is 1. The molecule has 2 saturated heterocycles. The number of aliphatic hydroxyl groups is 1. The maximum absolute atomic E-state index is 13.9. The third-order valence-electron chi connectivity index (χ3n) is 6.99. The first kappa shape index (κ1) is 23.0. The van der Waals surface area contributed by atoms with Gasteiger partial charge in [-0.25, -0.2) is 0 Å². The van der Waals surface area contributed by atoms with Crippen molar-refractivity contribution in [2.45, 2.75) is 69.7 Å². The summed E-state index contributed by atoms with van der Waals surface area (Å²) in [6.07, 6.45) is 9.55. The van der Waals surface area contributed by atoms with Crippen molar-refractivity contribution in [3.05, 3.63) is 24.3 Å². The van der Waals surface area contributed by atoms with Crippen LogP contribution in [0.3, 0.4) is 0 Å². The molecule has 1 spiro atoms. The Morgan fingerprint density at radius 3 is 2.62 bits per heavy atom. The van der Waals surface area contributed by atoms with Crippen molar-refractivity contribution in [2.24, 2.45) is 11.8 Å². The Labute approximate surface area is 189 Å². The Morgan fingerprint density at radius 2 is 1.91 bits per heavy atom. The van der Waals surface area contributed by atoms with Gasteiger partial charge in [0.25, 0.3) is 0 Å². The summed E-state index contributed by atoms with van der Waals surface area (Å²) in [5.41, 5.74) is -1.63. The lowest BCUT2D eigenvalue weighted by Gasteiger charge is -2.40. The van der Waals surface area contributed by atoms with Gasteiger partial charge in [-0.2, -0.15) is 0 Å². The molecule has 4 aliphatic heterocycles. The summed E-state index contributed by atoms with van der Waals surface area (Å²) in [6.45, 7) is 7.08. The molecule has 2 fully saturated rings. The Bertz CT molecular complexity index is 831. The number of hydrogen-bond donors (Lipinski definition) is 1. The van der Waals surface area contributed by atoms with Crippen molar-refractivity contribution in [2.75, 3.05) is 26.3 Å². The minimum absolute atomic E-state index is 0.0917. The van der Waals surface area contributed by atoms with E-state index in [1.807, 2.05) is 45.1 Å². The number of nitrogens with zero attached hydrogens (tertiary/aromatic N) is 2. The Morgan fingerprint density at radius 1 is 1.12 bits per heavy atom. The Balaban J connectivity index is 1.77. The molecule has 4 rings (SSSR count). The summed E-state index contributed by atoms with van der Waals surface area (Å²) in [6, 6.07) is -0.832. The van der Waals surface area contributed by atoms with Crippen molar-refractivity contribution >= 4 is 17.8 Å². The van der Waals surface area contributed by atoms with Crippen LogP contribution in [0.1, 0.15) is 46.5 Å². The third-order valence-corrected chi connectivity index (χ3v) is 6.99. The molecule has 176 valence electrons. The van der Waals surface area contributed by atoms with Crippen LogP contribution in [0.15, 0.2) is 24.3 Å². The van der Waals surface area contributed by atoms with E-state index in [1.165, 1.54) is 0 Å². The average molecular weight is 447 g/mol. The molecule has 4 aliphatic rings. The fraction of sp³-hybridized carbons (Fsp3) is 0.708. The molecule has 32 heavy (non-hydrogen) atoms. The second-order valence-electron chi connectivity index (χ2n) is 10.1. The van der Waals surface area contributed by atoms with Crippen LogP contribution in [0.25, 0.3) is 0 Å². The number of fused-ring (bicyclic) bond motifs is 2. The standard InChI is InChI=1S/C24H34N2O6/c1-23(2,3)26-13-9-11-24-18(17-16(32-24)10-5-8-15-31-22(17)30)20(28)25(19(24)21(26)29)12-6-4-7-14-27/h5,9-11,16-19,27H,4,6-8,12-15H2,1-3H3/t16-,17+,18-,19?,24-/m0/s1. The van der Waals surface area contributed by atoms with Crippen LogP contribution in [0.2, 0.25) is 0 Å². The van der Waals surface area contributed by atoms with Gasteiger partial charge in [0.15, 0.2) is 0 Å². The van der Waals surface area contributed by atoms with E-state index >= 15 is 0 Å². The van der Waals surface area contributed by atoms with Gasteiger partial charge in [0.2, 0.25) is 11.8 Å². The second-order valence-corrected chi connectivity index (χ2v) is 10.1. The normalized spacial score (nSPS) is 34.6. The van der Waals surface area contributed by atoms with Crippen molar-refractivity contribution in [3.8, 4) is 0 Å². The van der Waals surface area contributed by atoms with Crippen LogP contribution < -0.4 is 0 Å². The topological polar surface area (TPSA) is 96.4 Å². The maximum atomic E-state index is 13.9. The van der Waals surface area contributed by atoms with Gasteiger partial charge in [-0.1, -0.05) is 24.3 Å². The van der Waals surface area contributed by atoms with Gasteiger partial charge in [-0.15, -0.1) is 0 Å². The maximum Gasteiger partial charge on any atom is 0.312 e. The minimum Gasteiger partial charge on any atom is -0.465 e. The monoisotopic (exact) mass is 446 g/mol. The van der Waals surface area contributed by atoms with Crippen molar-refractivity contribution in [1.82, 2.24) is 9.80 Å². The van der Waals surface area contributed by atoms with E-state index in [9.17, 15) is 14.4 Å². The molecule has 2 amide bonds. The first-order valence-electron chi connectivity index (χ1n) is 11.6. The van der Waals surface area contributed by atoms with Gasteiger partial charge in [-0.3, -0.25) is 14.4 Å². The lowest BCUT2D eigenvalue weighted by molar-refractivity contribution is -0.155. The van der Waals surface area contributed by atoms with Gasteiger partial charge >= 0.3 is 5.97 Å². The molecule has 4 heterocycles. The molecule has 8 heteroatoms. The van der Waals surface area contributed by atoms with Crippen LogP contribution in [0.4, 0.5) is 0 Å². The summed E-state index contributed by atoms with van der Waals surface area (Å²) in [7, 11) is 0. The quantitative estimate of drug-likeness (QED) is 0.390. The number of hydrogen-bond acceptors (Lipinski definition) is 6. The molecule has 0 radical (unpaired) electrons. The van der Waals surface area contributed by atoms with E-state index in [2.05, 4.69) is 0 Å². The van der Waals surface area contributed by atoms with E-state index in [4.69, 9.17) is 14.6 Å². The van der Waals surface area contributed by atoms with Gasteiger partial charge in [0, 0.05) is 25.2 Å². The number of cyclic esters (lactones) is 1. The smallest absolute Gasteiger partial charge is 0.312 e. The van der Waals surface area contributed by atoms with Crippen LogP contribution in [-0.4, -0.2) is 82.3 Å². The van der Waals surface area contributed by atoms with E-state index in [1.54, 1.807) is 9.80 Å². The SMILES string of the molecule is CC(C)(C)N1CC=C[C@]23O[C@H]4C=CCCOC(=O)[C@H]4[C@H]2C(=O)N(CCCCCO)C3C1=O. The van der Waals surface area contributed by atoms with Crippen LogP contribution in [-0.2, 0) is 23.9 Å². The first-order valence-corrected chi connectivity index (χ1v) is 11.6. The predicted octanol–water partition coefficient (Wildman–Crippen LogP) is 1.43. The van der Waals surface area contributed by atoms with Gasteiger partial charge < -0.3 is 24.4 Å². The zero-order valence-corrected chi connectivity index (χ0v) is 19.2. The molecular formula is C24H34N2O6. The molecule has 0 aromatic carbocycles. The molecule has 0 aromatic heterocycles. The largest absolute Gasteiger partial charge is 0.465 e. The van der Waals surface area contributed by atoms with Crippen molar-refractivity contribution in [3.63, 3.8) is 0 Å². The number of aliphatic hydroxyl groups excluding tert-OH is 1. The molecule has 0 aromatic rings. The highest BCUT2D eigenvalue weighted by molar-refractivity contribution is 5.99. The average Bonchev–Trinajstić information content (AvgIpc) is 3.08.